The average Bonchev–Trinajstić information content (AvgIpc) is 3.15. The van der Waals surface area contributed by atoms with Crippen LogP contribution < -0.4 is 5.56 Å². The molecule has 25 heavy (non-hydrogen) atoms. The first-order valence-corrected chi connectivity index (χ1v) is 10.5. The molecular weight excluding hydrogens is 354 g/mol. The minimum atomic E-state index is -0.241. The van der Waals surface area contributed by atoms with E-state index in [4.69, 9.17) is 4.98 Å². The fraction of sp³-hybridized carbons (Fsp3) is 0.611. The van der Waals surface area contributed by atoms with Gasteiger partial charge in [0.25, 0.3) is 5.56 Å². The molecule has 0 radical (unpaired) electrons. The monoisotopic (exact) mass is 379 g/mol. The van der Waals surface area contributed by atoms with Gasteiger partial charge in [0.05, 0.1) is 10.6 Å². The second-order valence-electron chi connectivity index (χ2n) is 6.92. The van der Waals surface area contributed by atoms with Crippen molar-refractivity contribution in [3.63, 3.8) is 0 Å². The van der Waals surface area contributed by atoms with Crippen LogP contribution in [0.4, 0.5) is 0 Å². The summed E-state index contributed by atoms with van der Waals surface area (Å²) in [7, 11) is 0. The van der Waals surface area contributed by atoms with Crippen LogP contribution in [0.1, 0.15) is 50.1 Å². The predicted octanol–water partition coefficient (Wildman–Crippen LogP) is 3.76. The number of thiophene rings is 1. The van der Waals surface area contributed by atoms with Crippen LogP contribution in [0.2, 0.25) is 0 Å². The SMILES string of the molecule is Cc1sc2nc(S[C@H](C)C(=O)N3CCCC3)n(C(C)C)c(=O)c2c1C. The average molecular weight is 380 g/mol. The highest BCUT2D eigenvalue weighted by molar-refractivity contribution is 8.00. The highest BCUT2D eigenvalue weighted by Gasteiger charge is 2.27. The summed E-state index contributed by atoms with van der Waals surface area (Å²) in [5.41, 5.74) is 1.02. The molecule has 1 atom stereocenters. The lowest BCUT2D eigenvalue weighted by molar-refractivity contribution is -0.129. The zero-order valence-corrected chi connectivity index (χ0v) is 17.1. The van der Waals surface area contributed by atoms with Crippen LogP contribution in [-0.2, 0) is 4.79 Å². The van der Waals surface area contributed by atoms with Crippen LogP contribution in [0.3, 0.4) is 0 Å². The maximum atomic E-state index is 13.1. The third kappa shape index (κ3) is 3.36. The van der Waals surface area contributed by atoms with E-state index in [-0.39, 0.29) is 22.8 Å². The summed E-state index contributed by atoms with van der Waals surface area (Å²) in [6.07, 6.45) is 2.16. The Balaban J connectivity index is 2.01. The van der Waals surface area contributed by atoms with Gasteiger partial charge in [0, 0.05) is 24.0 Å². The van der Waals surface area contributed by atoms with Crippen molar-refractivity contribution in [2.24, 2.45) is 0 Å². The van der Waals surface area contributed by atoms with Crippen molar-refractivity contribution in [2.75, 3.05) is 13.1 Å². The number of aromatic nitrogens is 2. The van der Waals surface area contributed by atoms with Crippen molar-refractivity contribution in [3.05, 3.63) is 20.8 Å². The molecule has 3 heterocycles. The summed E-state index contributed by atoms with van der Waals surface area (Å²) in [6.45, 7) is 11.6. The van der Waals surface area contributed by atoms with Crippen molar-refractivity contribution in [1.29, 1.82) is 0 Å². The van der Waals surface area contributed by atoms with E-state index in [1.807, 2.05) is 39.5 Å². The van der Waals surface area contributed by atoms with Crippen molar-refractivity contribution in [2.45, 2.75) is 63.9 Å². The Morgan fingerprint density at radius 1 is 1.20 bits per heavy atom. The largest absolute Gasteiger partial charge is 0.342 e. The first kappa shape index (κ1) is 18.5. The van der Waals surface area contributed by atoms with Gasteiger partial charge < -0.3 is 4.90 Å². The lowest BCUT2D eigenvalue weighted by atomic mass is 10.2. The molecule has 0 unspecified atom stereocenters. The standard InChI is InChI=1S/C18H25N3O2S2/c1-10(2)21-17(23)14-11(3)12(4)24-15(14)19-18(21)25-13(5)16(22)20-8-6-7-9-20/h10,13H,6-9H2,1-5H3/t13-/m1/s1. The molecule has 0 N–H and O–H groups in total. The summed E-state index contributed by atoms with van der Waals surface area (Å²) in [5, 5.41) is 1.13. The number of fused-ring (bicyclic) bond motifs is 1. The molecule has 3 rings (SSSR count). The van der Waals surface area contributed by atoms with Gasteiger partial charge in [-0.1, -0.05) is 11.8 Å². The van der Waals surface area contributed by atoms with Gasteiger partial charge in [0.15, 0.2) is 5.16 Å². The molecule has 5 nitrogen and oxygen atoms in total. The third-order valence-electron chi connectivity index (χ3n) is 4.77. The Bertz CT molecular complexity index is 863. The van der Waals surface area contributed by atoms with Crippen LogP contribution in [-0.4, -0.2) is 38.7 Å². The molecule has 0 bridgehead atoms. The molecule has 0 aromatic carbocycles. The zero-order chi connectivity index (χ0) is 18.3. The minimum absolute atomic E-state index is 0.000551. The molecule has 1 aliphatic heterocycles. The highest BCUT2D eigenvalue weighted by Crippen LogP contribution is 2.31. The molecule has 7 heteroatoms. The number of rotatable bonds is 4. The summed E-state index contributed by atoms with van der Waals surface area (Å²) < 4.78 is 1.74. The van der Waals surface area contributed by atoms with Gasteiger partial charge in [-0.2, -0.15) is 0 Å². The Labute approximate surface area is 156 Å². The van der Waals surface area contributed by atoms with E-state index in [0.717, 1.165) is 46.6 Å². The Hall–Kier alpha value is -1.34. The van der Waals surface area contributed by atoms with Gasteiger partial charge in [-0.3, -0.25) is 14.2 Å². The molecule has 136 valence electrons. The number of aryl methyl sites for hydroxylation is 2. The fourth-order valence-corrected chi connectivity index (χ4v) is 5.42. The number of likely N-dealkylation sites (tertiary alicyclic amines) is 1. The molecule has 2 aromatic rings. The molecular formula is C18H25N3O2S2. The lowest BCUT2D eigenvalue weighted by Gasteiger charge is -2.21. The number of carbonyl (C=O) groups excluding carboxylic acids is 1. The molecule has 1 aliphatic rings. The molecule has 0 saturated carbocycles. The predicted molar refractivity (Wildman–Crippen MR) is 105 cm³/mol. The van der Waals surface area contributed by atoms with Crippen molar-refractivity contribution in [1.82, 2.24) is 14.5 Å². The number of amides is 1. The van der Waals surface area contributed by atoms with Crippen LogP contribution in [0.5, 0.6) is 0 Å². The maximum Gasteiger partial charge on any atom is 0.263 e. The number of thioether (sulfide) groups is 1. The van der Waals surface area contributed by atoms with E-state index in [0.29, 0.717) is 5.16 Å². The van der Waals surface area contributed by atoms with Gasteiger partial charge in [0.2, 0.25) is 5.91 Å². The van der Waals surface area contributed by atoms with Crippen molar-refractivity contribution < 1.29 is 4.79 Å². The van der Waals surface area contributed by atoms with Gasteiger partial charge >= 0.3 is 0 Å². The van der Waals surface area contributed by atoms with Gasteiger partial charge in [-0.15, -0.1) is 11.3 Å². The van der Waals surface area contributed by atoms with E-state index < -0.39 is 0 Å². The molecule has 0 spiro atoms. The van der Waals surface area contributed by atoms with E-state index in [2.05, 4.69) is 0 Å². The van der Waals surface area contributed by atoms with Crippen molar-refractivity contribution in [3.8, 4) is 0 Å². The molecule has 1 amide bonds. The van der Waals surface area contributed by atoms with Gasteiger partial charge in [-0.05, 0) is 53.0 Å². The van der Waals surface area contributed by atoms with Crippen LogP contribution in [0.25, 0.3) is 10.2 Å². The lowest BCUT2D eigenvalue weighted by Crippen LogP contribution is -2.34. The smallest absolute Gasteiger partial charge is 0.263 e. The zero-order valence-electron chi connectivity index (χ0n) is 15.5. The Morgan fingerprint density at radius 2 is 1.84 bits per heavy atom. The Morgan fingerprint density at radius 3 is 2.44 bits per heavy atom. The number of hydrogen-bond donors (Lipinski definition) is 0. The van der Waals surface area contributed by atoms with Gasteiger partial charge in [0.1, 0.15) is 4.83 Å². The maximum absolute atomic E-state index is 13.1. The summed E-state index contributed by atoms with van der Waals surface area (Å²) in [6, 6.07) is 0.000551. The highest BCUT2D eigenvalue weighted by atomic mass is 32.2. The van der Waals surface area contributed by atoms with Crippen LogP contribution in [0, 0.1) is 13.8 Å². The van der Waals surface area contributed by atoms with Crippen molar-refractivity contribution >= 4 is 39.2 Å². The Kier molecular flexibility index (Phi) is 5.25. The molecule has 0 aliphatic carbocycles. The van der Waals surface area contributed by atoms with Crippen LogP contribution >= 0.6 is 23.1 Å². The number of carbonyl (C=O) groups is 1. The summed E-state index contributed by atoms with van der Waals surface area (Å²) >= 11 is 2.96. The second kappa shape index (κ2) is 7.11. The van der Waals surface area contributed by atoms with Crippen LogP contribution in [0.15, 0.2) is 9.95 Å². The third-order valence-corrected chi connectivity index (χ3v) is 6.92. The number of hydrogen-bond acceptors (Lipinski definition) is 5. The first-order valence-electron chi connectivity index (χ1n) is 8.79. The first-order chi connectivity index (χ1) is 11.8. The quantitative estimate of drug-likeness (QED) is 0.599. The van der Waals surface area contributed by atoms with E-state index >= 15 is 0 Å². The minimum Gasteiger partial charge on any atom is -0.342 e. The molecule has 1 saturated heterocycles. The second-order valence-corrected chi connectivity index (χ2v) is 9.43. The summed E-state index contributed by atoms with van der Waals surface area (Å²) in [4.78, 5) is 34.3. The molecule has 1 fully saturated rings. The summed E-state index contributed by atoms with van der Waals surface area (Å²) in [5.74, 6) is 0.144. The topological polar surface area (TPSA) is 55.2 Å². The van der Waals surface area contributed by atoms with E-state index in [1.165, 1.54) is 11.8 Å². The van der Waals surface area contributed by atoms with E-state index in [9.17, 15) is 9.59 Å². The number of nitrogens with zero attached hydrogens (tertiary/aromatic N) is 3. The van der Waals surface area contributed by atoms with Gasteiger partial charge in [-0.25, -0.2) is 4.98 Å². The fourth-order valence-electron chi connectivity index (χ4n) is 3.23. The molecule has 2 aromatic heterocycles. The van der Waals surface area contributed by atoms with E-state index in [1.54, 1.807) is 15.9 Å². The normalized spacial score (nSPS) is 16.2.